The largest absolute Gasteiger partial charge is 0.313 e. The highest BCUT2D eigenvalue weighted by Crippen LogP contribution is 2.17. The maximum absolute atomic E-state index is 12.5. The van der Waals surface area contributed by atoms with Crippen LogP contribution in [0.2, 0.25) is 0 Å². The minimum atomic E-state index is 0.209. The number of amides is 1. The molecule has 2 rings (SSSR count). The van der Waals surface area contributed by atoms with Crippen LogP contribution >= 0.6 is 0 Å². The van der Waals surface area contributed by atoms with Gasteiger partial charge in [-0.15, -0.1) is 0 Å². The van der Waals surface area contributed by atoms with Gasteiger partial charge in [0, 0.05) is 18.7 Å². The van der Waals surface area contributed by atoms with Gasteiger partial charge in [0.1, 0.15) is 0 Å². The Hall–Kier alpha value is -2.09. The summed E-state index contributed by atoms with van der Waals surface area (Å²) in [6.07, 6.45) is 2.44. The van der Waals surface area contributed by atoms with Crippen LogP contribution in [0.1, 0.15) is 36.5 Å². The third kappa shape index (κ3) is 4.45. The van der Waals surface area contributed by atoms with E-state index in [1.807, 2.05) is 24.0 Å². The first kappa shape index (κ1) is 16.3. The first-order valence-corrected chi connectivity index (χ1v) is 8.02. The predicted molar refractivity (Wildman–Crippen MR) is 93.3 cm³/mol. The molecule has 2 nitrogen and oxygen atoms in total. The van der Waals surface area contributed by atoms with Gasteiger partial charge >= 0.3 is 0 Å². The van der Waals surface area contributed by atoms with Crippen LogP contribution in [0.4, 0.5) is 5.69 Å². The SMILES string of the molecule is CCN(C(=O)CCCc1ccc(C)cc1)c1cccc(C)c1. The Bertz CT molecular complexity index is 616. The Labute approximate surface area is 133 Å². The van der Waals surface area contributed by atoms with Crippen molar-refractivity contribution in [1.82, 2.24) is 0 Å². The zero-order valence-corrected chi connectivity index (χ0v) is 13.8. The summed E-state index contributed by atoms with van der Waals surface area (Å²) in [5.74, 6) is 0.209. The van der Waals surface area contributed by atoms with E-state index < -0.39 is 0 Å². The van der Waals surface area contributed by atoms with Gasteiger partial charge < -0.3 is 4.90 Å². The van der Waals surface area contributed by atoms with Crippen LogP contribution in [0.15, 0.2) is 48.5 Å². The van der Waals surface area contributed by atoms with Gasteiger partial charge in [0.25, 0.3) is 0 Å². The van der Waals surface area contributed by atoms with Crippen molar-refractivity contribution in [3.05, 3.63) is 65.2 Å². The summed E-state index contributed by atoms with van der Waals surface area (Å²) >= 11 is 0. The molecule has 0 aromatic heterocycles. The number of carbonyl (C=O) groups excluding carboxylic acids is 1. The highest BCUT2D eigenvalue weighted by atomic mass is 16.2. The maximum Gasteiger partial charge on any atom is 0.226 e. The number of benzene rings is 2. The van der Waals surface area contributed by atoms with Crippen molar-refractivity contribution in [2.24, 2.45) is 0 Å². The van der Waals surface area contributed by atoms with Gasteiger partial charge in [0.2, 0.25) is 5.91 Å². The Morgan fingerprint density at radius 2 is 1.73 bits per heavy atom. The third-order valence-electron chi connectivity index (χ3n) is 3.91. The van der Waals surface area contributed by atoms with Gasteiger partial charge in [-0.05, 0) is 56.9 Å². The summed E-state index contributed by atoms with van der Waals surface area (Å²) in [7, 11) is 0. The summed E-state index contributed by atoms with van der Waals surface area (Å²) in [6, 6.07) is 16.7. The quantitative estimate of drug-likeness (QED) is 0.757. The van der Waals surface area contributed by atoms with E-state index in [-0.39, 0.29) is 5.91 Å². The van der Waals surface area contributed by atoms with Crippen LogP contribution in [0.5, 0.6) is 0 Å². The fourth-order valence-electron chi connectivity index (χ4n) is 2.63. The topological polar surface area (TPSA) is 20.3 Å². The Balaban J connectivity index is 1.91. The summed E-state index contributed by atoms with van der Waals surface area (Å²) in [4.78, 5) is 14.3. The molecule has 2 aromatic rings. The number of aryl methyl sites for hydroxylation is 3. The predicted octanol–water partition coefficient (Wildman–Crippen LogP) is 4.68. The molecule has 0 aliphatic rings. The highest BCUT2D eigenvalue weighted by molar-refractivity contribution is 5.93. The number of anilines is 1. The van der Waals surface area contributed by atoms with E-state index in [1.165, 1.54) is 16.7 Å². The average molecular weight is 295 g/mol. The monoisotopic (exact) mass is 295 g/mol. The van der Waals surface area contributed by atoms with E-state index in [9.17, 15) is 4.79 Å². The minimum Gasteiger partial charge on any atom is -0.313 e. The molecule has 0 atom stereocenters. The van der Waals surface area contributed by atoms with Crippen LogP contribution in [0, 0.1) is 13.8 Å². The van der Waals surface area contributed by atoms with Crippen molar-refractivity contribution in [2.45, 2.75) is 40.0 Å². The highest BCUT2D eigenvalue weighted by Gasteiger charge is 2.13. The molecule has 22 heavy (non-hydrogen) atoms. The fourth-order valence-corrected chi connectivity index (χ4v) is 2.63. The molecule has 0 heterocycles. The molecule has 0 unspecified atom stereocenters. The van der Waals surface area contributed by atoms with Crippen molar-refractivity contribution >= 4 is 11.6 Å². The van der Waals surface area contributed by atoms with Gasteiger partial charge in [0.15, 0.2) is 0 Å². The molecule has 0 saturated heterocycles. The van der Waals surface area contributed by atoms with Gasteiger partial charge in [-0.3, -0.25) is 4.79 Å². The lowest BCUT2D eigenvalue weighted by Crippen LogP contribution is -2.30. The van der Waals surface area contributed by atoms with Gasteiger partial charge in [-0.25, -0.2) is 0 Å². The molecule has 0 aliphatic heterocycles. The van der Waals surface area contributed by atoms with Crippen LogP contribution in [-0.2, 0) is 11.2 Å². The number of hydrogen-bond donors (Lipinski definition) is 0. The Kier molecular flexibility index (Phi) is 5.76. The summed E-state index contributed by atoms with van der Waals surface area (Å²) in [6.45, 7) is 6.89. The lowest BCUT2D eigenvalue weighted by molar-refractivity contribution is -0.118. The molecule has 2 aromatic carbocycles. The van der Waals surface area contributed by atoms with Crippen molar-refractivity contribution in [3.63, 3.8) is 0 Å². The minimum absolute atomic E-state index is 0.209. The molecule has 0 fully saturated rings. The first-order valence-electron chi connectivity index (χ1n) is 8.02. The second kappa shape index (κ2) is 7.79. The lowest BCUT2D eigenvalue weighted by atomic mass is 10.1. The first-order chi connectivity index (χ1) is 10.6. The molecule has 0 saturated carbocycles. The second-order valence-corrected chi connectivity index (χ2v) is 5.82. The number of rotatable bonds is 6. The molecule has 0 spiro atoms. The summed E-state index contributed by atoms with van der Waals surface area (Å²) < 4.78 is 0. The normalized spacial score (nSPS) is 10.5. The Morgan fingerprint density at radius 3 is 2.36 bits per heavy atom. The zero-order chi connectivity index (χ0) is 15.9. The van der Waals surface area contributed by atoms with Crippen LogP contribution < -0.4 is 4.90 Å². The van der Waals surface area contributed by atoms with Crippen molar-refractivity contribution in [1.29, 1.82) is 0 Å². The van der Waals surface area contributed by atoms with Crippen LogP contribution in [0.3, 0.4) is 0 Å². The Morgan fingerprint density at radius 1 is 1.00 bits per heavy atom. The second-order valence-electron chi connectivity index (χ2n) is 5.82. The molecular weight excluding hydrogens is 270 g/mol. The van der Waals surface area contributed by atoms with Crippen LogP contribution in [0.25, 0.3) is 0 Å². The van der Waals surface area contributed by atoms with E-state index in [0.29, 0.717) is 13.0 Å². The van der Waals surface area contributed by atoms with Crippen molar-refractivity contribution < 1.29 is 4.79 Å². The van der Waals surface area contributed by atoms with Crippen LogP contribution in [-0.4, -0.2) is 12.5 Å². The molecule has 0 aliphatic carbocycles. The molecular formula is C20H25NO. The van der Waals surface area contributed by atoms with E-state index >= 15 is 0 Å². The van der Waals surface area contributed by atoms with Crippen molar-refractivity contribution in [2.75, 3.05) is 11.4 Å². The molecule has 0 bridgehead atoms. The smallest absolute Gasteiger partial charge is 0.226 e. The van der Waals surface area contributed by atoms with Gasteiger partial charge in [-0.2, -0.15) is 0 Å². The van der Waals surface area contributed by atoms with E-state index in [2.05, 4.69) is 50.2 Å². The summed E-state index contributed by atoms with van der Waals surface area (Å²) in [5.41, 5.74) is 4.76. The average Bonchev–Trinajstić information content (AvgIpc) is 2.50. The van der Waals surface area contributed by atoms with Gasteiger partial charge in [0.05, 0.1) is 0 Å². The van der Waals surface area contributed by atoms with E-state index in [1.54, 1.807) is 0 Å². The van der Waals surface area contributed by atoms with E-state index in [0.717, 1.165) is 18.5 Å². The van der Waals surface area contributed by atoms with Gasteiger partial charge in [-0.1, -0.05) is 42.0 Å². The maximum atomic E-state index is 12.5. The number of nitrogens with zero attached hydrogens (tertiary/aromatic N) is 1. The molecule has 0 N–H and O–H groups in total. The lowest BCUT2D eigenvalue weighted by Gasteiger charge is -2.21. The van der Waals surface area contributed by atoms with E-state index in [4.69, 9.17) is 0 Å². The molecule has 0 radical (unpaired) electrons. The third-order valence-corrected chi connectivity index (χ3v) is 3.91. The summed E-state index contributed by atoms with van der Waals surface area (Å²) in [5, 5.41) is 0. The number of hydrogen-bond acceptors (Lipinski definition) is 1. The molecule has 2 heteroatoms. The number of carbonyl (C=O) groups is 1. The molecule has 1 amide bonds. The van der Waals surface area contributed by atoms with Crippen molar-refractivity contribution in [3.8, 4) is 0 Å². The zero-order valence-electron chi connectivity index (χ0n) is 13.8. The fraction of sp³-hybridized carbons (Fsp3) is 0.350. The molecule has 116 valence electrons. The standard InChI is InChI=1S/C20H25NO/c1-4-21(19-9-5-7-17(3)15-19)20(22)10-6-8-18-13-11-16(2)12-14-18/h5,7,9,11-15H,4,6,8,10H2,1-3H3.